The Morgan fingerprint density at radius 1 is 1.14 bits per heavy atom. The van der Waals surface area contributed by atoms with Crippen LogP contribution in [0.25, 0.3) is 5.69 Å². The van der Waals surface area contributed by atoms with Gasteiger partial charge in [-0.1, -0.05) is 18.2 Å². The van der Waals surface area contributed by atoms with Crippen molar-refractivity contribution in [3.63, 3.8) is 0 Å². The molecule has 0 bridgehead atoms. The van der Waals surface area contributed by atoms with Gasteiger partial charge in [0.25, 0.3) is 5.91 Å². The summed E-state index contributed by atoms with van der Waals surface area (Å²) >= 11 is 0. The molecule has 1 amide bonds. The van der Waals surface area contributed by atoms with Crippen LogP contribution >= 0.6 is 0 Å². The zero-order valence-corrected chi connectivity index (χ0v) is 19.8. The van der Waals surface area contributed by atoms with Gasteiger partial charge in [-0.3, -0.25) is 4.79 Å². The summed E-state index contributed by atoms with van der Waals surface area (Å²) in [5, 5.41) is 19.8. The van der Waals surface area contributed by atoms with Gasteiger partial charge < -0.3 is 19.6 Å². The number of imidazole rings is 1. The molecule has 36 heavy (non-hydrogen) atoms. The summed E-state index contributed by atoms with van der Waals surface area (Å²) in [6.45, 7) is 3.06. The minimum atomic E-state index is -0.597. The SMILES string of the molecule is COc1ccc(Oc2c(/C=N/NC(=O)Cn3c([N+](=O)[O-])cnc3C)c(C)nn2-c2ccccc2)cc1. The predicted octanol–water partition coefficient (Wildman–Crippen LogP) is 3.55. The molecule has 2 aromatic carbocycles. The van der Waals surface area contributed by atoms with E-state index in [0.29, 0.717) is 34.5 Å². The molecule has 1 N–H and O–H groups in total. The molecule has 2 aromatic heterocycles. The number of methoxy groups -OCH3 is 1. The summed E-state index contributed by atoms with van der Waals surface area (Å²) in [4.78, 5) is 26.9. The Bertz CT molecular complexity index is 1410. The Balaban J connectivity index is 1.59. The van der Waals surface area contributed by atoms with Gasteiger partial charge in [0.1, 0.15) is 17.7 Å². The van der Waals surface area contributed by atoms with Crippen LogP contribution in [-0.4, -0.2) is 43.5 Å². The maximum Gasteiger partial charge on any atom is 0.343 e. The van der Waals surface area contributed by atoms with E-state index in [9.17, 15) is 14.9 Å². The first-order chi connectivity index (χ1) is 17.4. The molecule has 0 spiro atoms. The number of carbonyl (C=O) groups excluding carboxylic acids is 1. The van der Waals surface area contributed by atoms with Crippen molar-refractivity contribution < 1.29 is 19.2 Å². The highest BCUT2D eigenvalue weighted by Crippen LogP contribution is 2.30. The molecule has 12 nitrogen and oxygen atoms in total. The largest absolute Gasteiger partial charge is 0.497 e. The number of amides is 1. The lowest BCUT2D eigenvalue weighted by Gasteiger charge is -2.10. The van der Waals surface area contributed by atoms with Crippen LogP contribution in [0.1, 0.15) is 17.1 Å². The van der Waals surface area contributed by atoms with Crippen molar-refractivity contribution >= 4 is 17.9 Å². The van der Waals surface area contributed by atoms with Gasteiger partial charge in [0.15, 0.2) is 12.4 Å². The molecule has 0 atom stereocenters. The quantitative estimate of drug-likeness (QED) is 0.215. The number of nitrogens with one attached hydrogen (secondary N) is 1. The minimum Gasteiger partial charge on any atom is -0.497 e. The highest BCUT2D eigenvalue weighted by atomic mass is 16.6. The van der Waals surface area contributed by atoms with E-state index in [-0.39, 0.29) is 12.4 Å². The van der Waals surface area contributed by atoms with Crippen molar-refractivity contribution in [2.24, 2.45) is 5.10 Å². The average Bonchev–Trinajstić information content (AvgIpc) is 3.39. The molecule has 4 rings (SSSR count). The number of nitro groups is 1. The highest BCUT2D eigenvalue weighted by molar-refractivity contribution is 5.86. The number of rotatable bonds is 9. The van der Waals surface area contributed by atoms with E-state index in [2.05, 4.69) is 20.6 Å². The maximum absolute atomic E-state index is 12.4. The number of ether oxygens (including phenoxy) is 2. The fourth-order valence-corrected chi connectivity index (χ4v) is 3.41. The van der Waals surface area contributed by atoms with Crippen molar-refractivity contribution in [3.05, 3.63) is 88.0 Å². The molecular formula is C24H23N7O5. The summed E-state index contributed by atoms with van der Waals surface area (Å²) in [7, 11) is 1.58. The summed E-state index contributed by atoms with van der Waals surface area (Å²) in [6, 6.07) is 16.5. The molecular weight excluding hydrogens is 466 g/mol. The number of hydrogen-bond acceptors (Lipinski definition) is 8. The predicted molar refractivity (Wildman–Crippen MR) is 131 cm³/mol. The number of para-hydroxylation sites is 1. The second-order valence-corrected chi connectivity index (χ2v) is 7.63. The molecule has 0 unspecified atom stereocenters. The van der Waals surface area contributed by atoms with E-state index in [1.165, 1.54) is 10.8 Å². The zero-order valence-electron chi connectivity index (χ0n) is 19.8. The van der Waals surface area contributed by atoms with Crippen LogP contribution in [0.15, 0.2) is 65.9 Å². The number of hydrogen-bond donors (Lipinski definition) is 1. The fraction of sp³-hybridized carbons (Fsp3) is 0.167. The van der Waals surface area contributed by atoms with Crippen LogP contribution in [0.3, 0.4) is 0 Å². The first kappa shape index (κ1) is 24.1. The van der Waals surface area contributed by atoms with E-state index >= 15 is 0 Å². The van der Waals surface area contributed by atoms with E-state index in [1.807, 2.05) is 30.3 Å². The van der Waals surface area contributed by atoms with Gasteiger partial charge in [-0.25, -0.2) is 15.0 Å². The fourth-order valence-electron chi connectivity index (χ4n) is 3.41. The van der Waals surface area contributed by atoms with Gasteiger partial charge in [-0.15, -0.1) is 0 Å². The lowest BCUT2D eigenvalue weighted by Crippen LogP contribution is -2.24. The Labute approximate surface area is 205 Å². The van der Waals surface area contributed by atoms with Gasteiger partial charge in [0.05, 0.1) is 30.3 Å². The minimum absolute atomic E-state index is 0.276. The van der Waals surface area contributed by atoms with E-state index in [0.717, 1.165) is 11.9 Å². The first-order valence-electron chi connectivity index (χ1n) is 10.8. The third-order valence-electron chi connectivity index (χ3n) is 5.24. The lowest BCUT2D eigenvalue weighted by atomic mass is 10.2. The molecule has 0 aliphatic carbocycles. The van der Waals surface area contributed by atoms with Crippen LogP contribution in [0.2, 0.25) is 0 Å². The van der Waals surface area contributed by atoms with Gasteiger partial charge in [-0.2, -0.15) is 14.9 Å². The molecule has 4 aromatic rings. The average molecular weight is 489 g/mol. The van der Waals surface area contributed by atoms with Crippen LogP contribution in [0.4, 0.5) is 5.82 Å². The molecule has 184 valence electrons. The molecule has 0 saturated heterocycles. The summed E-state index contributed by atoms with van der Waals surface area (Å²) in [6.07, 6.45) is 2.53. The first-order valence-corrected chi connectivity index (χ1v) is 10.8. The zero-order chi connectivity index (χ0) is 25.7. The number of benzene rings is 2. The summed E-state index contributed by atoms with van der Waals surface area (Å²) in [5.74, 6) is 1.14. The van der Waals surface area contributed by atoms with Gasteiger partial charge >= 0.3 is 5.82 Å². The normalized spacial score (nSPS) is 11.0. The number of hydrazone groups is 1. The Hall–Kier alpha value is -5.00. The van der Waals surface area contributed by atoms with E-state index in [4.69, 9.17) is 9.47 Å². The van der Waals surface area contributed by atoms with Crippen LogP contribution in [-0.2, 0) is 11.3 Å². The number of aromatic nitrogens is 4. The van der Waals surface area contributed by atoms with E-state index < -0.39 is 10.8 Å². The molecule has 0 saturated carbocycles. The van der Waals surface area contributed by atoms with Crippen molar-refractivity contribution in [2.75, 3.05) is 7.11 Å². The van der Waals surface area contributed by atoms with Crippen molar-refractivity contribution in [1.82, 2.24) is 24.8 Å². The highest BCUT2D eigenvalue weighted by Gasteiger charge is 2.21. The third kappa shape index (κ3) is 5.22. The Kier molecular flexibility index (Phi) is 7.04. The monoisotopic (exact) mass is 489 g/mol. The standard InChI is InChI=1S/C24H23N7O5/c1-16-21(13-26-27-22(32)15-29-17(2)25-14-23(29)31(33)34)24(30(28-16)18-7-5-4-6-8-18)36-20-11-9-19(35-3)10-12-20/h4-14H,15H2,1-3H3,(H,27,32)/b26-13+. The second-order valence-electron chi connectivity index (χ2n) is 7.63. The number of carbonyl (C=O) groups is 1. The van der Waals surface area contributed by atoms with Crippen molar-refractivity contribution in [3.8, 4) is 23.1 Å². The number of nitrogens with zero attached hydrogens (tertiary/aromatic N) is 6. The third-order valence-corrected chi connectivity index (χ3v) is 5.24. The molecule has 0 radical (unpaired) electrons. The molecule has 12 heteroatoms. The maximum atomic E-state index is 12.4. The lowest BCUT2D eigenvalue weighted by molar-refractivity contribution is -0.392. The van der Waals surface area contributed by atoms with Crippen LogP contribution in [0, 0.1) is 24.0 Å². The molecule has 0 aliphatic rings. The Morgan fingerprint density at radius 3 is 2.50 bits per heavy atom. The van der Waals surface area contributed by atoms with E-state index in [1.54, 1.807) is 49.9 Å². The number of aryl methyl sites for hydroxylation is 2. The summed E-state index contributed by atoms with van der Waals surface area (Å²) < 4.78 is 14.2. The van der Waals surface area contributed by atoms with Crippen LogP contribution in [0.5, 0.6) is 17.4 Å². The Morgan fingerprint density at radius 2 is 1.83 bits per heavy atom. The van der Waals surface area contributed by atoms with Crippen molar-refractivity contribution in [1.29, 1.82) is 0 Å². The molecule has 0 fully saturated rings. The van der Waals surface area contributed by atoms with Gasteiger partial charge in [-0.05, 0) is 48.2 Å². The van der Waals surface area contributed by atoms with Crippen molar-refractivity contribution in [2.45, 2.75) is 20.4 Å². The van der Waals surface area contributed by atoms with Gasteiger partial charge in [0, 0.05) is 6.92 Å². The summed E-state index contributed by atoms with van der Waals surface area (Å²) in [5.41, 5.74) is 4.32. The topological polar surface area (TPSA) is 139 Å². The van der Waals surface area contributed by atoms with Gasteiger partial charge in [0.2, 0.25) is 5.88 Å². The second kappa shape index (κ2) is 10.5. The smallest absolute Gasteiger partial charge is 0.343 e. The molecule has 0 aliphatic heterocycles. The molecule has 2 heterocycles. The van der Waals surface area contributed by atoms with Crippen LogP contribution < -0.4 is 14.9 Å².